The molecule has 0 spiro atoms. The van der Waals surface area contributed by atoms with E-state index in [2.05, 4.69) is 30.6 Å². The van der Waals surface area contributed by atoms with Gasteiger partial charge in [-0.1, -0.05) is 0 Å². The monoisotopic (exact) mass is 410 g/mol. The standard InChI is InChI=1S/C19H16F2N8O/c20-19(21)4-7-28(8-5-19)18(30)13-9-12-3-6-29(17(12)23-10-13)14-1-2-15(22-11-14)16-24-26-27-25-16/h1-3,6,9-11H,4-5,7-8H2,(H,24,25,26,27). The van der Waals surface area contributed by atoms with Crippen molar-refractivity contribution in [2.45, 2.75) is 18.8 Å². The van der Waals surface area contributed by atoms with E-state index in [9.17, 15) is 13.6 Å². The average Bonchev–Trinajstić information content (AvgIpc) is 3.43. The Kier molecular flexibility index (Phi) is 4.23. The Morgan fingerprint density at radius 3 is 2.63 bits per heavy atom. The second-order valence-corrected chi connectivity index (χ2v) is 7.12. The lowest BCUT2D eigenvalue weighted by Crippen LogP contribution is -2.42. The number of nitrogens with zero attached hydrogens (tertiary/aromatic N) is 7. The molecule has 0 radical (unpaired) electrons. The van der Waals surface area contributed by atoms with Gasteiger partial charge in [0, 0.05) is 43.7 Å². The van der Waals surface area contributed by atoms with E-state index in [1.807, 2.05) is 22.9 Å². The number of piperidine rings is 1. The minimum absolute atomic E-state index is 0.0452. The molecule has 9 nitrogen and oxygen atoms in total. The smallest absolute Gasteiger partial charge is 0.255 e. The Labute approximate surface area is 168 Å². The quantitative estimate of drug-likeness (QED) is 0.556. The lowest BCUT2D eigenvalue weighted by atomic mass is 10.1. The molecule has 1 amide bonds. The van der Waals surface area contributed by atoms with Crippen LogP contribution in [0.3, 0.4) is 0 Å². The Morgan fingerprint density at radius 2 is 1.93 bits per heavy atom. The van der Waals surface area contributed by atoms with Crippen LogP contribution < -0.4 is 0 Å². The van der Waals surface area contributed by atoms with Gasteiger partial charge >= 0.3 is 0 Å². The molecule has 4 aromatic rings. The minimum atomic E-state index is -2.69. The Hall–Kier alpha value is -3.76. The van der Waals surface area contributed by atoms with E-state index in [1.54, 1.807) is 18.3 Å². The van der Waals surface area contributed by atoms with Crippen molar-refractivity contribution in [1.29, 1.82) is 0 Å². The molecule has 1 fully saturated rings. The van der Waals surface area contributed by atoms with Crippen molar-refractivity contribution in [1.82, 2.24) is 40.1 Å². The number of aromatic amines is 1. The second-order valence-electron chi connectivity index (χ2n) is 7.12. The van der Waals surface area contributed by atoms with E-state index in [-0.39, 0.29) is 31.8 Å². The van der Waals surface area contributed by atoms with E-state index in [0.29, 0.717) is 22.7 Å². The molecule has 0 atom stereocenters. The third kappa shape index (κ3) is 3.27. The highest BCUT2D eigenvalue weighted by atomic mass is 19.3. The van der Waals surface area contributed by atoms with Gasteiger partial charge in [-0.2, -0.15) is 0 Å². The number of nitrogens with one attached hydrogen (secondary N) is 1. The Bertz CT molecular complexity index is 1190. The number of alkyl halides is 2. The number of aromatic nitrogens is 7. The number of H-pyrrole nitrogens is 1. The van der Waals surface area contributed by atoms with E-state index in [4.69, 9.17) is 0 Å². The van der Waals surface area contributed by atoms with Crippen LogP contribution in [-0.4, -0.2) is 65.0 Å². The van der Waals surface area contributed by atoms with Crippen LogP contribution in [-0.2, 0) is 0 Å². The number of hydrogen-bond donors (Lipinski definition) is 1. The molecule has 1 aliphatic heterocycles. The van der Waals surface area contributed by atoms with Crippen LogP contribution in [0.5, 0.6) is 0 Å². The molecule has 1 aliphatic rings. The van der Waals surface area contributed by atoms with Gasteiger partial charge in [0.1, 0.15) is 11.3 Å². The summed E-state index contributed by atoms with van der Waals surface area (Å²) in [4.78, 5) is 22.9. The fraction of sp³-hybridized carbons (Fsp3) is 0.263. The lowest BCUT2D eigenvalue weighted by molar-refractivity contribution is -0.0494. The zero-order valence-electron chi connectivity index (χ0n) is 15.7. The largest absolute Gasteiger partial charge is 0.338 e. The number of halogens is 2. The van der Waals surface area contributed by atoms with Crippen molar-refractivity contribution in [3.05, 3.63) is 48.4 Å². The first-order valence-corrected chi connectivity index (χ1v) is 9.35. The Morgan fingerprint density at radius 1 is 1.10 bits per heavy atom. The molecule has 11 heteroatoms. The SMILES string of the molecule is O=C(c1cnc2c(ccn2-c2ccc(-c3nnn[nH]3)nc2)c1)N1CCC(F)(F)CC1. The lowest BCUT2D eigenvalue weighted by Gasteiger charge is -2.31. The van der Waals surface area contributed by atoms with Crippen molar-refractivity contribution in [3.8, 4) is 17.2 Å². The fourth-order valence-electron chi connectivity index (χ4n) is 3.51. The highest BCUT2D eigenvalue weighted by Gasteiger charge is 2.35. The first-order valence-electron chi connectivity index (χ1n) is 9.35. The van der Waals surface area contributed by atoms with Gasteiger partial charge in [0.25, 0.3) is 11.8 Å². The predicted octanol–water partition coefficient (Wildman–Crippen LogP) is 2.47. The summed E-state index contributed by atoms with van der Waals surface area (Å²) >= 11 is 0. The molecule has 152 valence electrons. The highest BCUT2D eigenvalue weighted by Crippen LogP contribution is 2.29. The molecule has 0 aromatic carbocycles. The van der Waals surface area contributed by atoms with Crippen LogP contribution in [0.25, 0.3) is 28.2 Å². The number of carbonyl (C=O) groups excluding carboxylic acids is 1. The summed E-state index contributed by atoms with van der Waals surface area (Å²) in [6.45, 7) is 0.0905. The normalized spacial score (nSPS) is 16.1. The maximum Gasteiger partial charge on any atom is 0.255 e. The van der Waals surface area contributed by atoms with E-state index in [1.165, 1.54) is 11.1 Å². The number of carbonyl (C=O) groups is 1. The maximum atomic E-state index is 13.4. The molecule has 0 unspecified atom stereocenters. The van der Waals surface area contributed by atoms with E-state index in [0.717, 1.165) is 11.1 Å². The van der Waals surface area contributed by atoms with Crippen LogP contribution >= 0.6 is 0 Å². The molecule has 0 saturated carbocycles. The molecule has 5 heterocycles. The molecular weight excluding hydrogens is 394 g/mol. The molecular formula is C19H16F2N8O. The van der Waals surface area contributed by atoms with Crippen LogP contribution in [0.4, 0.5) is 8.78 Å². The highest BCUT2D eigenvalue weighted by molar-refractivity contribution is 5.97. The number of tetrazole rings is 1. The first-order chi connectivity index (χ1) is 14.5. The minimum Gasteiger partial charge on any atom is -0.338 e. The average molecular weight is 410 g/mol. The number of amides is 1. The van der Waals surface area contributed by atoms with Crippen molar-refractivity contribution in [3.63, 3.8) is 0 Å². The van der Waals surface area contributed by atoms with Crippen molar-refractivity contribution in [2.75, 3.05) is 13.1 Å². The maximum absolute atomic E-state index is 13.4. The van der Waals surface area contributed by atoms with Gasteiger partial charge in [0.05, 0.1) is 17.4 Å². The number of likely N-dealkylation sites (tertiary alicyclic amines) is 1. The summed E-state index contributed by atoms with van der Waals surface area (Å²) in [7, 11) is 0. The summed E-state index contributed by atoms with van der Waals surface area (Å²) in [6.07, 6.45) is 4.37. The molecule has 0 aliphatic carbocycles. The summed E-state index contributed by atoms with van der Waals surface area (Å²) in [5.41, 5.74) is 2.43. The third-order valence-corrected chi connectivity index (χ3v) is 5.17. The number of fused-ring (bicyclic) bond motifs is 1. The second kappa shape index (κ2) is 6.94. The zero-order chi connectivity index (χ0) is 20.7. The van der Waals surface area contributed by atoms with Crippen LogP contribution in [0.2, 0.25) is 0 Å². The summed E-state index contributed by atoms with van der Waals surface area (Å²) in [5.74, 6) is -2.50. The Balaban J connectivity index is 1.39. The van der Waals surface area contributed by atoms with Gasteiger partial charge in [-0.05, 0) is 34.7 Å². The van der Waals surface area contributed by atoms with Crippen LogP contribution in [0, 0.1) is 0 Å². The fourth-order valence-corrected chi connectivity index (χ4v) is 3.51. The predicted molar refractivity (Wildman–Crippen MR) is 102 cm³/mol. The van der Waals surface area contributed by atoms with Gasteiger partial charge in [-0.25, -0.2) is 18.9 Å². The summed E-state index contributed by atoms with van der Waals surface area (Å²) in [5, 5.41) is 14.3. The van der Waals surface area contributed by atoms with Gasteiger partial charge in [-0.15, -0.1) is 5.10 Å². The van der Waals surface area contributed by atoms with E-state index < -0.39 is 5.92 Å². The summed E-state index contributed by atoms with van der Waals surface area (Å²) < 4.78 is 28.5. The van der Waals surface area contributed by atoms with Gasteiger partial charge < -0.3 is 4.90 Å². The van der Waals surface area contributed by atoms with Gasteiger partial charge in [0.2, 0.25) is 0 Å². The molecule has 0 bridgehead atoms. The topological polar surface area (TPSA) is 105 Å². The van der Waals surface area contributed by atoms with Crippen LogP contribution in [0.15, 0.2) is 42.9 Å². The first kappa shape index (κ1) is 18.3. The zero-order valence-corrected chi connectivity index (χ0v) is 15.7. The summed E-state index contributed by atoms with van der Waals surface area (Å²) in [6, 6.07) is 7.22. The van der Waals surface area contributed by atoms with Gasteiger partial charge in [-0.3, -0.25) is 14.3 Å². The number of pyridine rings is 2. The molecule has 1 N–H and O–H groups in total. The van der Waals surface area contributed by atoms with Gasteiger partial charge in [0.15, 0.2) is 5.82 Å². The number of hydrogen-bond acceptors (Lipinski definition) is 6. The third-order valence-electron chi connectivity index (χ3n) is 5.17. The molecule has 30 heavy (non-hydrogen) atoms. The number of rotatable bonds is 3. The molecule has 4 aromatic heterocycles. The van der Waals surface area contributed by atoms with Crippen molar-refractivity contribution < 1.29 is 13.6 Å². The molecule has 5 rings (SSSR count). The molecule has 1 saturated heterocycles. The van der Waals surface area contributed by atoms with Crippen molar-refractivity contribution >= 4 is 16.9 Å². The van der Waals surface area contributed by atoms with Crippen LogP contribution in [0.1, 0.15) is 23.2 Å². The van der Waals surface area contributed by atoms with E-state index >= 15 is 0 Å². The van der Waals surface area contributed by atoms with Crippen molar-refractivity contribution in [2.24, 2.45) is 0 Å².